The summed E-state index contributed by atoms with van der Waals surface area (Å²) in [6.07, 6.45) is 0.202. The van der Waals surface area contributed by atoms with E-state index in [4.69, 9.17) is 5.11 Å². The summed E-state index contributed by atoms with van der Waals surface area (Å²) in [5.74, 6) is -1.60. The van der Waals surface area contributed by atoms with Crippen LogP contribution in [0, 0.1) is 5.92 Å². The van der Waals surface area contributed by atoms with E-state index in [0.717, 1.165) is 5.56 Å². The lowest BCUT2D eigenvalue weighted by atomic mass is 10.1. The molecule has 1 heterocycles. The predicted octanol–water partition coefficient (Wildman–Crippen LogP) is 2.05. The van der Waals surface area contributed by atoms with Gasteiger partial charge < -0.3 is 15.3 Å². The highest BCUT2D eigenvalue weighted by Crippen LogP contribution is 2.20. The van der Waals surface area contributed by atoms with Crippen LogP contribution >= 0.6 is 0 Å². The molecule has 2 aromatic carbocycles. The first-order chi connectivity index (χ1) is 12.5. The summed E-state index contributed by atoms with van der Waals surface area (Å²) in [6.45, 7) is 1.14. The summed E-state index contributed by atoms with van der Waals surface area (Å²) >= 11 is 0. The van der Waals surface area contributed by atoms with Gasteiger partial charge in [0.25, 0.3) is 0 Å². The molecule has 1 fully saturated rings. The van der Waals surface area contributed by atoms with Gasteiger partial charge in [-0.25, -0.2) is 4.79 Å². The number of likely N-dealkylation sites (tertiary alicyclic amines) is 1. The summed E-state index contributed by atoms with van der Waals surface area (Å²) in [5, 5.41) is 11.8. The molecule has 6 nitrogen and oxygen atoms in total. The second kappa shape index (κ2) is 7.82. The minimum absolute atomic E-state index is 0.0260. The lowest BCUT2D eigenvalue weighted by Crippen LogP contribution is -2.32. The van der Waals surface area contributed by atoms with Gasteiger partial charge in [-0.3, -0.25) is 9.59 Å². The number of nitrogens with zero attached hydrogens (tertiary/aromatic N) is 1. The molecule has 2 N–H and O–H groups in total. The Morgan fingerprint density at radius 1 is 1.08 bits per heavy atom. The van der Waals surface area contributed by atoms with Gasteiger partial charge in [0.1, 0.15) is 0 Å². The third-order valence-electron chi connectivity index (χ3n) is 4.44. The maximum Gasteiger partial charge on any atom is 0.335 e. The fraction of sp³-hybridized carbons (Fsp3) is 0.250. The maximum absolute atomic E-state index is 12.4. The van der Waals surface area contributed by atoms with E-state index >= 15 is 0 Å². The number of amides is 2. The van der Waals surface area contributed by atoms with Crippen LogP contribution in [-0.4, -0.2) is 34.3 Å². The molecule has 0 unspecified atom stereocenters. The zero-order valence-corrected chi connectivity index (χ0v) is 14.2. The number of carboxylic acid groups (broad SMARTS) is 1. The average molecular weight is 352 g/mol. The topological polar surface area (TPSA) is 86.7 Å². The summed E-state index contributed by atoms with van der Waals surface area (Å²) in [7, 11) is 0. The van der Waals surface area contributed by atoms with E-state index in [1.165, 1.54) is 12.1 Å². The molecular formula is C20H20N2O4. The number of benzene rings is 2. The van der Waals surface area contributed by atoms with Crippen LogP contribution in [0.25, 0.3) is 0 Å². The van der Waals surface area contributed by atoms with Crippen molar-refractivity contribution in [3.63, 3.8) is 0 Å². The Bertz CT molecular complexity index is 820. The van der Waals surface area contributed by atoms with Gasteiger partial charge in [0.15, 0.2) is 0 Å². The number of nitrogens with one attached hydrogen (secondary N) is 1. The highest BCUT2D eigenvalue weighted by atomic mass is 16.4. The first-order valence-electron chi connectivity index (χ1n) is 8.44. The Kier molecular flexibility index (Phi) is 5.31. The molecular weight excluding hydrogens is 332 g/mol. The monoisotopic (exact) mass is 352 g/mol. The number of aromatic carboxylic acids is 1. The number of hydrogen-bond acceptors (Lipinski definition) is 3. The summed E-state index contributed by atoms with van der Waals surface area (Å²) in [6, 6.07) is 16.1. The molecule has 1 atom stereocenters. The smallest absolute Gasteiger partial charge is 0.335 e. The standard InChI is InChI=1S/C20H20N2O4/c23-18-10-17(13-22(18)12-14-5-2-1-3-6-14)19(24)21-11-15-7-4-8-16(9-15)20(25)26/h1-9,17H,10-13H2,(H,21,24)(H,25,26)/t17-/m0/s1. The molecule has 0 aromatic heterocycles. The van der Waals surface area contributed by atoms with Crippen molar-refractivity contribution in [1.82, 2.24) is 10.2 Å². The van der Waals surface area contributed by atoms with E-state index in [1.54, 1.807) is 17.0 Å². The Labute approximate surface area is 151 Å². The van der Waals surface area contributed by atoms with Gasteiger partial charge in [0, 0.05) is 26.1 Å². The molecule has 2 amide bonds. The molecule has 0 saturated carbocycles. The second-order valence-electron chi connectivity index (χ2n) is 6.38. The number of rotatable bonds is 6. The van der Waals surface area contributed by atoms with E-state index in [9.17, 15) is 14.4 Å². The lowest BCUT2D eigenvalue weighted by molar-refractivity contribution is -0.129. The molecule has 1 aliphatic heterocycles. The van der Waals surface area contributed by atoms with E-state index in [1.807, 2.05) is 30.3 Å². The third-order valence-corrected chi connectivity index (χ3v) is 4.44. The van der Waals surface area contributed by atoms with Crippen molar-refractivity contribution in [1.29, 1.82) is 0 Å². The van der Waals surface area contributed by atoms with Crippen molar-refractivity contribution < 1.29 is 19.5 Å². The van der Waals surface area contributed by atoms with Crippen LogP contribution in [0.3, 0.4) is 0 Å². The van der Waals surface area contributed by atoms with Crippen molar-refractivity contribution in [2.45, 2.75) is 19.5 Å². The fourth-order valence-electron chi connectivity index (χ4n) is 3.05. The van der Waals surface area contributed by atoms with Crippen LogP contribution in [0.15, 0.2) is 54.6 Å². The number of carbonyl (C=O) groups is 3. The summed E-state index contributed by atoms with van der Waals surface area (Å²) in [5.41, 5.74) is 1.93. The fourth-order valence-corrected chi connectivity index (χ4v) is 3.05. The average Bonchev–Trinajstić information content (AvgIpc) is 3.01. The SMILES string of the molecule is O=C(O)c1cccc(CNC(=O)[C@H]2CC(=O)N(Cc3ccccc3)C2)c1. The van der Waals surface area contributed by atoms with Crippen molar-refractivity contribution in [3.05, 3.63) is 71.3 Å². The van der Waals surface area contributed by atoms with Crippen molar-refractivity contribution in [2.24, 2.45) is 5.92 Å². The van der Waals surface area contributed by atoms with Crippen LogP contribution in [0.1, 0.15) is 27.9 Å². The molecule has 3 rings (SSSR count). The van der Waals surface area contributed by atoms with Gasteiger partial charge in [0.05, 0.1) is 11.5 Å². The lowest BCUT2D eigenvalue weighted by Gasteiger charge is -2.16. The Balaban J connectivity index is 1.55. The van der Waals surface area contributed by atoms with E-state index in [-0.39, 0.29) is 36.3 Å². The molecule has 2 aromatic rings. The first kappa shape index (κ1) is 17.7. The third kappa shape index (κ3) is 4.27. The van der Waals surface area contributed by atoms with Crippen LogP contribution in [0.2, 0.25) is 0 Å². The number of carboxylic acids is 1. The minimum atomic E-state index is -1.00. The Hall–Kier alpha value is -3.15. The Morgan fingerprint density at radius 3 is 2.54 bits per heavy atom. The molecule has 134 valence electrons. The van der Waals surface area contributed by atoms with E-state index in [2.05, 4.69) is 5.32 Å². The van der Waals surface area contributed by atoms with Crippen LogP contribution in [0.5, 0.6) is 0 Å². The normalized spacial score (nSPS) is 16.5. The molecule has 26 heavy (non-hydrogen) atoms. The van der Waals surface area contributed by atoms with Crippen molar-refractivity contribution in [3.8, 4) is 0 Å². The predicted molar refractivity (Wildman–Crippen MR) is 95.2 cm³/mol. The quantitative estimate of drug-likeness (QED) is 0.833. The van der Waals surface area contributed by atoms with Crippen LogP contribution in [0.4, 0.5) is 0 Å². The van der Waals surface area contributed by atoms with Crippen molar-refractivity contribution in [2.75, 3.05) is 6.54 Å². The maximum atomic E-state index is 12.4. The van der Waals surface area contributed by atoms with Crippen LogP contribution in [-0.2, 0) is 22.7 Å². The van der Waals surface area contributed by atoms with Gasteiger partial charge in [-0.1, -0.05) is 42.5 Å². The highest BCUT2D eigenvalue weighted by Gasteiger charge is 2.34. The second-order valence-corrected chi connectivity index (χ2v) is 6.38. The summed E-state index contributed by atoms with van der Waals surface area (Å²) in [4.78, 5) is 37.2. The minimum Gasteiger partial charge on any atom is -0.478 e. The zero-order chi connectivity index (χ0) is 18.5. The number of carbonyl (C=O) groups excluding carboxylic acids is 2. The van der Waals surface area contributed by atoms with Crippen molar-refractivity contribution >= 4 is 17.8 Å². The molecule has 1 saturated heterocycles. The van der Waals surface area contributed by atoms with Gasteiger partial charge >= 0.3 is 5.97 Å². The van der Waals surface area contributed by atoms with Gasteiger partial charge in [0.2, 0.25) is 11.8 Å². The van der Waals surface area contributed by atoms with E-state index < -0.39 is 5.97 Å². The zero-order valence-electron chi connectivity index (χ0n) is 14.2. The Morgan fingerprint density at radius 2 is 1.81 bits per heavy atom. The number of hydrogen-bond donors (Lipinski definition) is 2. The molecule has 0 spiro atoms. The van der Waals surface area contributed by atoms with Gasteiger partial charge in [-0.05, 0) is 23.3 Å². The molecule has 6 heteroatoms. The summed E-state index contributed by atoms with van der Waals surface area (Å²) < 4.78 is 0. The molecule has 1 aliphatic rings. The molecule has 0 radical (unpaired) electrons. The first-order valence-corrected chi connectivity index (χ1v) is 8.44. The highest BCUT2D eigenvalue weighted by molar-refractivity contribution is 5.89. The largest absolute Gasteiger partial charge is 0.478 e. The van der Waals surface area contributed by atoms with Gasteiger partial charge in [-0.15, -0.1) is 0 Å². The van der Waals surface area contributed by atoms with E-state index in [0.29, 0.717) is 18.7 Å². The molecule has 0 aliphatic carbocycles. The van der Waals surface area contributed by atoms with Gasteiger partial charge in [-0.2, -0.15) is 0 Å². The van der Waals surface area contributed by atoms with Crippen LogP contribution < -0.4 is 5.32 Å². The molecule has 0 bridgehead atoms.